The number of rotatable bonds is 6. The minimum atomic E-state index is 0.190. The summed E-state index contributed by atoms with van der Waals surface area (Å²) < 4.78 is 0. The molecule has 24 heavy (non-hydrogen) atoms. The second kappa shape index (κ2) is 6.71. The van der Waals surface area contributed by atoms with E-state index in [1.165, 1.54) is 50.5 Å². The molecule has 4 aliphatic carbocycles. The number of hydrogen-bond donors (Lipinski definition) is 1. The molecule has 4 fully saturated rings. The van der Waals surface area contributed by atoms with Crippen molar-refractivity contribution in [3.63, 3.8) is 0 Å². The van der Waals surface area contributed by atoms with Gasteiger partial charge in [0.15, 0.2) is 0 Å². The summed E-state index contributed by atoms with van der Waals surface area (Å²) in [6, 6.07) is 7.79. The summed E-state index contributed by atoms with van der Waals surface area (Å²) in [5.41, 5.74) is 1.74. The van der Waals surface area contributed by atoms with Crippen LogP contribution in [0.4, 0.5) is 0 Å². The average molecular weight is 346 g/mol. The highest BCUT2D eigenvalue weighted by atomic mass is 35.5. The number of benzene rings is 1. The zero-order chi connectivity index (χ0) is 16.6. The first-order valence-corrected chi connectivity index (χ1v) is 9.99. The number of amides is 1. The van der Waals surface area contributed by atoms with Crippen LogP contribution in [0.2, 0.25) is 5.02 Å². The Balaban J connectivity index is 1.21. The van der Waals surface area contributed by atoms with E-state index in [2.05, 4.69) is 5.32 Å². The monoisotopic (exact) mass is 345 g/mol. The maximum Gasteiger partial charge on any atom is 0.220 e. The Morgan fingerprint density at radius 2 is 1.62 bits per heavy atom. The van der Waals surface area contributed by atoms with E-state index in [0.29, 0.717) is 11.8 Å². The van der Waals surface area contributed by atoms with Gasteiger partial charge in [-0.05, 0) is 92.2 Å². The number of halogens is 1. The van der Waals surface area contributed by atoms with Crippen molar-refractivity contribution in [2.45, 2.75) is 57.8 Å². The molecular weight excluding hydrogens is 318 g/mol. The molecule has 4 saturated carbocycles. The van der Waals surface area contributed by atoms with Gasteiger partial charge < -0.3 is 5.32 Å². The Morgan fingerprint density at radius 3 is 2.21 bits per heavy atom. The normalized spacial score (nSPS) is 33.6. The van der Waals surface area contributed by atoms with E-state index in [0.717, 1.165) is 35.7 Å². The van der Waals surface area contributed by atoms with Crippen molar-refractivity contribution in [3.05, 3.63) is 34.9 Å². The third-order valence-electron chi connectivity index (χ3n) is 6.70. The topological polar surface area (TPSA) is 29.1 Å². The Kier molecular flexibility index (Phi) is 4.60. The fourth-order valence-electron chi connectivity index (χ4n) is 6.06. The highest BCUT2D eigenvalue weighted by Crippen LogP contribution is 2.61. The molecule has 130 valence electrons. The first-order chi connectivity index (χ1) is 11.6. The van der Waals surface area contributed by atoms with Gasteiger partial charge in [0.1, 0.15) is 0 Å². The van der Waals surface area contributed by atoms with Crippen LogP contribution in [-0.2, 0) is 11.2 Å². The lowest BCUT2D eigenvalue weighted by molar-refractivity contribution is -0.121. The first kappa shape index (κ1) is 16.4. The van der Waals surface area contributed by atoms with E-state index in [-0.39, 0.29) is 5.91 Å². The van der Waals surface area contributed by atoms with Crippen LogP contribution < -0.4 is 5.32 Å². The molecule has 5 rings (SSSR count). The van der Waals surface area contributed by atoms with Gasteiger partial charge in [-0.25, -0.2) is 0 Å². The average Bonchev–Trinajstić information content (AvgIpc) is 2.53. The smallest absolute Gasteiger partial charge is 0.220 e. The Morgan fingerprint density at radius 1 is 1.04 bits per heavy atom. The molecule has 0 heterocycles. The van der Waals surface area contributed by atoms with Gasteiger partial charge in [-0.3, -0.25) is 4.79 Å². The number of carbonyl (C=O) groups excluding carboxylic acids is 1. The summed E-state index contributed by atoms with van der Waals surface area (Å²) in [7, 11) is 0. The van der Waals surface area contributed by atoms with Crippen molar-refractivity contribution >= 4 is 17.5 Å². The predicted octanol–water partition coefficient (Wildman–Crippen LogP) is 5.00. The number of carbonyl (C=O) groups is 1. The lowest BCUT2D eigenvalue weighted by atomic mass is 9.49. The summed E-state index contributed by atoms with van der Waals surface area (Å²) in [4.78, 5) is 12.1. The summed E-state index contributed by atoms with van der Waals surface area (Å²) >= 11 is 5.89. The molecule has 0 saturated heterocycles. The molecule has 0 aliphatic heterocycles. The third-order valence-corrected chi connectivity index (χ3v) is 6.95. The SMILES string of the molecule is O=C(CCc1ccc(Cl)cc1)NCCC12CC3CC(CC(C3)C1)C2. The molecule has 1 aromatic rings. The molecule has 0 aromatic heterocycles. The lowest BCUT2D eigenvalue weighted by Crippen LogP contribution is -2.47. The van der Waals surface area contributed by atoms with Gasteiger partial charge in [-0.1, -0.05) is 23.7 Å². The van der Waals surface area contributed by atoms with E-state index in [9.17, 15) is 4.79 Å². The number of hydrogen-bond acceptors (Lipinski definition) is 1. The maximum atomic E-state index is 12.1. The van der Waals surface area contributed by atoms with Gasteiger partial charge in [0.05, 0.1) is 0 Å². The Labute approximate surface area is 150 Å². The van der Waals surface area contributed by atoms with Crippen molar-refractivity contribution in [3.8, 4) is 0 Å². The standard InChI is InChI=1S/C21H28ClNO/c22-19-4-1-15(2-5-19)3-6-20(24)23-8-7-21-12-16-9-17(13-21)11-18(10-16)14-21/h1-2,4-5,16-18H,3,6-14H2,(H,23,24). The van der Waals surface area contributed by atoms with Crippen LogP contribution in [0.1, 0.15) is 56.9 Å². The fourth-order valence-corrected chi connectivity index (χ4v) is 6.19. The van der Waals surface area contributed by atoms with Gasteiger partial charge in [-0.15, -0.1) is 0 Å². The van der Waals surface area contributed by atoms with Crippen molar-refractivity contribution in [2.24, 2.45) is 23.2 Å². The molecule has 4 bridgehead atoms. The van der Waals surface area contributed by atoms with E-state index in [4.69, 9.17) is 11.6 Å². The Bertz CT molecular complexity index is 559. The van der Waals surface area contributed by atoms with E-state index in [1.54, 1.807) is 0 Å². The zero-order valence-corrected chi connectivity index (χ0v) is 15.2. The molecule has 0 atom stereocenters. The van der Waals surface area contributed by atoms with E-state index in [1.807, 2.05) is 24.3 Å². The summed E-state index contributed by atoms with van der Waals surface area (Å²) in [6.45, 7) is 0.867. The third kappa shape index (κ3) is 3.64. The van der Waals surface area contributed by atoms with Gasteiger partial charge in [0, 0.05) is 18.0 Å². The van der Waals surface area contributed by atoms with E-state index >= 15 is 0 Å². The molecule has 0 spiro atoms. The van der Waals surface area contributed by atoms with Crippen LogP contribution in [0.25, 0.3) is 0 Å². The van der Waals surface area contributed by atoms with Gasteiger partial charge >= 0.3 is 0 Å². The van der Waals surface area contributed by atoms with Crippen molar-refractivity contribution in [2.75, 3.05) is 6.54 Å². The highest BCUT2D eigenvalue weighted by Gasteiger charge is 2.50. The summed E-state index contributed by atoms with van der Waals surface area (Å²) in [5.74, 6) is 3.18. The van der Waals surface area contributed by atoms with Crippen LogP contribution >= 0.6 is 11.6 Å². The molecule has 0 unspecified atom stereocenters. The van der Waals surface area contributed by atoms with Crippen LogP contribution in [0.3, 0.4) is 0 Å². The van der Waals surface area contributed by atoms with Crippen molar-refractivity contribution in [1.82, 2.24) is 5.32 Å². The van der Waals surface area contributed by atoms with Gasteiger partial charge in [0.25, 0.3) is 0 Å². The van der Waals surface area contributed by atoms with Gasteiger partial charge in [0.2, 0.25) is 5.91 Å². The Hall–Kier alpha value is -1.02. The second-order valence-corrected chi connectivity index (χ2v) is 9.08. The molecule has 0 radical (unpaired) electrons. The van der Waals surface area contributed by atoms with E-state index < -0.39 is 0 Å². The second-order valence-electron chi connectivity index (χ2n) is 8.64. The van der Waals surface area contributed by atoms with Crippen LogP contribution in [-0.4, -0.2) is 12.5 Å². The summed E-state index contributed by atoms with van der Waals surface area (Å²) in [6.07, 6.45) is 11.3. The van der Waals surface area contributed by atoms with Gasteiger partial charge in [-0.2, -0.15) is 0 Å². The van der Waals surface area contributed by atoms with Crippen molar-refractivity contribution < 1.29 is 4.79 Å². The zero-order valence-electron chi connectivity index (χ0n) is 14.4. The quantitative estimate of drug-likeness (QED) is 0.772. The largest absolute Gasteiger partial charge is 0.356 e. The number of aryl methyl sites for hydroxylation is 1. The first-order valence-electron chi connectivity index (χ1n) is 9.61. The molecule has 3 heteroatoms. The molecule has 4 aliphatic rings. The van der Waals surface area contributed by atoms with Crippen molar-refractivity contribution in [1.29, 1.82) is 0 Å². The molecular formula is C21H28ClNO. The summed E-state index contributed by atoms with van der Waals surface area (Å²) in [5, 5.41) is 3.92. The van der Waals surface area contributed by atoms with Crippen LogP contribution in [0.5, 0.6) is 0 Å². The molecule has 1 N–H and O–H groups in total. The van der Waals surface area contributed by atoms with Crippen LogP contribution in [0, 0.1) is 23.2 Å². The minimum absolute atomic E-state index is 0.190. The maximum absolute atomic E-state index is 12.1. The molecule has 2 nitrogen and oxygen atoms in total. The number of nitrogens with one attached hydrogen (secondary N) is 1. The fraction of sp³-hybridized carbons (Fsp3) is 0.667. The molecule has 1 aromatic carbocycles. The predicted molar refractivity (Wildman–Crippen MR) is 98.0 cm³/mol. The molecule has 1 amide bonds. The van der Waals surface area contributed by atoms with Crippen LogP contribution in [0.15, 0.2) is 24.3 Å². The lowest BCUT2D eigenvalue weighted by Gasteiger charge is -2.57. The highest BCUT2D eigenvalue weighted by molar-refractivity contribution is 6.30. The minimum Gasteiger partial charge on any atom is -0.356 e.